The molecule has 0 aliphatic carbocycles. The van der Waals surface area contributed by atoms with E-state index in [-0.39, 0.29) is 18.9 Å². The second-order valence-electron chi connectivity index (χ2n) is 13.2. The maximum Gasteiger partial charge on any atom is 0.222 e. The maximum absolute atomic E-state index is 12.3. The van der Waals surface area contributed by atoms with Crippen molar-refractivity contribution in [2.45, 2.75) is 212 Å². The van der Waals surface area contributed by atoms with Crippen molar-refractivity contribution in [3.63, 3.8) is 0 Å². The van der Waals surface area contributed by atoms with Crippen molar-refractivity contribution in [3.8, 4) is 0 Å². The van der Waals surface area contributed by atoms with Crippen molar-refractivity contribution < 1.29 is 20.1 Å². The number of carbonyl (C=O) groups is 1. The Hall–Kier alpha value is -1.17. The monoisotopic (exact) mass is 622 g/mol. The van der Waals surface area contributed by atoms with Crippen LogP contribution in [0.15, 0.2) is 24.3 Å². The lowest BCUT2D eigenvalue weighted by molar-refractivity contribution is -0.124. The van der Waals surface area contributed by atoms with E-state index in [1.165, 1.54) is 135 Å². The smallest absolute Gasteiger partial charge is 0.222 e. The molecule has 0 spiro atoms. The van der Waals surface area contributed by atoms with Gasteiger partial charge in [0.2, 0.25) is 5.91 Å². The van der Waals surface area contributed by atoms with Gasteiger partial charge in [-0.2, -0.15) is 0 Å². The fraction of sp³-hybridized carbons (Fsp3) is 0.872. The molecule has 1 amide bonds. The summed E-state index contributed by atoms with van der Waals surface area (Å²) >= 11 is 0. The summed E-state index contributed by atoms with van der Waals surface area (Å²) in [5.41, 5.74) is 0. The highest BCUT2D eigenvalue weighted by Gasteiger charge is 2.20. The van der Waals surface area contributed by atoms with Crippen LogP contribution in [0.2, 0.25) is 0 Å². The third-order valence-electron chi connectivity index (χ3n) is 8.74. The third kappa shape index (κ3) is 30.8. The lowest BCUT2D eigenvalue weighted by atomic mass is 10.0. The number of nitrogens with one attached hydrogen (secondary N) is 1. The van der Waals surface area contributed by atoms with Gasteiger partial charge in [-0.3, -0.25) is 4.79 Å². The van der Waals surface area contributed by atoms with Crippen molar-refractivity contribution in [1.82, 2.24) is 5.32 Å². The number of amides is 1. The Morgan fingerprint density at radius 3 is 1.45 bits per heavy atom. The minimum atomic E-state index is -0.946. The minimum Gasteiger partial charge on any atom is -0.394 e. The van der Waals surface area contributed by atoms with E-state index in [4.69, 9.17) is 0 Å². The fourth-order valence-corrected chi connectivity index (χ4v) is 5.77. The van der Waals surface area contributed by atoms with Crippen LogP contribution in [0.1, 0.15) is 194 Å². The molecular weight excluding hydrogens is 546 g/mol. The van der Waals surface area contributed by atoms with Crippen LogP contribution in [0.3, 0.4) is 0 Å². The zero-order valence-electron chi connectivity index (χ0n) is 29.3. The number of carbonyl (C=O) groups excluding carboxylic acids is 1. The molecule has 0 aliphatic heterocycles. The van der Waals surface area contributed by atoms with Crippen LogP contribution in [-0.4, -0.2) is 46.1 Å². The molecule has 5 heteroatoms. The van der Waals surface area contributed by atoms with Crippen LogP contribution in [0.5, 0.6) is 0 Å². The largest absolute Gasteiger partial charge is 0.394 e. The van der Waals surface area contributed by atoms with Gasteiger partial charge in [-0.15, -0.1) is 0 Å². The lowest BCUT2D eigenvalue weighted by Crippen LogP contribution is -2.45. The molecule has 0 saturated heterocycles. The predicted octanol–water partition coefficient (Wildman–Crippen LogP) is 10.3. The zero-order chi connectivity index (χ0) is 32.4. The average Bonchev–Trinajstić information content (AvgIpc) is 3.01. The second kappa shape index (κ2) is 34.7. The van der Waals surface area contributed by atoms with Crippen molar-refractivity contribution in [3.05, 3.63) is 24.3 Å². The van der Waals surface area contributed by atoms with Crippen molar-refractivity contribution in [1.29, 1.82) is 0 Å². The molecule has 44 heavy (non-hydrogen) atoms. The number of aliphatic hydroxyl groups excluding tert-OH is 3. The molecule has 0 aromatic heterocycles. The van der Waals surface area contributed by atoms with Crippen LogP contribution in [0.4, 0.5) is 0 Å². The molecule has 0 aromatic carbocycles. The third-order valence-corrected chi connectivity index (χ3v) is 8.74. The van der Waals surface area contributed by atoms with Gasteiger partial charge in [-0.1, -0.05) is 179 Å². The maximum atomic E-state index is 12.3. The van der Waals surface area contributed by atoms with Crippen LogP contribution < -0.4 is 5.32 Å². The van der Waals surface area contributed by atoms with Gasteiger partial charge in [0.25, 0.3) is 0 Å². The highest BCUT2D eigenvalue weighted by atomic mass is 16.3. The Kier molecular flexibility index (Phi) is 33.8. The molecule has 0 heterocycles. The first kappa shape index (κ1) is 42.8. The Balaban J connectivity index is 3.73. The van der Waals surface area contributed by atoms with E-state index in [1.54, 1.807) is 6.08 Å². The molecule has 260 valence electrons. The Morgan fingerprint density at radius 1 is 0.568 bits per heavy atom. The van der Waals surface area contributed by atoms with Gasteiger partial charge in [-0.05, 0) is 32.1 Å². The second-order valence-corrected chi connectivity index (χ2v) is 13.2. The average molecular weight is 622 g/mol. The molecule has 4 N–H and O–H groups in total. The van der Waals surface area contributed by atoms with Gasteiger partial charge in [0, 0.05) is 0 Å². The Bertz CT molecular complexity index is 650. The summed E-state index contributed by atoms with van der Waals surface area (Å²) in [7, 11) is 0. The van der Waals surface area contributed by atoms with Crippen LogP contribution in [0.25, 0.3) is 0 Å². The van der Waals surface area contributed by atoms with E-state index in [9.17, 15) is 20.1 Å². The summed E-state index contributed by atoms with van der Waals surface area (Å²) in [6, 6.07) is -0.755. The molecule has 0 aliphatic rings. The van der Waals surface area contributed by atoms with Gasteiger partial charge < -0.3 is 20.6 Å². The minimum absolute atomic E-state index is 0.00799. The molecule has 3 atom stereocenters. The molecule has 5 nitrogen and oxygen atoms in total. The van der Waals surface area contributed by atoms with Crippen molar-refractivity contribution in [2.75, 3.05) is 6.61 Å². The molecule has 0 bridgehead atoms. The molecule has 0 saturated carbocycles. The lowest BCUT2D eigenvalue weighted by Gasteiger charge is -2.21. The fourth-order valence-electron chi connectivity index (χ4n) is 5.77. The van der Waals surface area contributed by atoms with E-state index in [0.29, 0.717) is 6.42 Å². The Morgan fingerprint density at radius 2 is 0.977 bits per heavy atom. The molecule has 3 unspecified atom stereocenters. The number of hydrogen-bond acceptors (Lipinski definition) is 4. The summed E-state index contributed by atoms with van der Waals surface area (Å²) in [5.74, 6) is -0.327. The molecule has 0 radical (unpaired) electrons. The molecule has 0 rings (SSSR count). The highest BCUT2D eigenvalue weighted by molar-refractivity contribution is 5.76. The topological polar surface area (TPSA) is 89.8 Å². The summed E-state index contributed by atoms with van der Waals surface area (Å²) in [6.07, 6.45) is 40.3. The number of allylic oxidation sites excluding steroid dienone is 3. The number of rotatable bonds is 34. The van der Waals surface area contributed by atoms with E-state index >= 15 is 0 Å². The van der Waals surface area contributed by atoms with Gasteiger partial charge in [0.1, 0.15) is 0 Å². The van der Waals surface area contributed by atoms with Crippen molar-refractivity contribution in [2.24, 2.45) is 0 Å². The van der Waals surface area contributed by atoms with Gasteiger partial charge in [0.15, 0.2) is 0 Å². The van der Waals surface area contributed by atoms with E-state index in [2.05, 4.69) is 31.3 Å². The van der Waals surface area contributed by atoms with Gasteiger partial charge in [-0.25, -0.2) is 0 Å². The van der Waals surface area contributed by atoms with Crippen LogP contribution >= 0.6 is 0 Å². The first-order valence-corrected chi connectivity index (χ1v) is 19.1. The summed E-state index contributed by atoms with van der Waals surface area (Å²) in [6.45, 7) is 4.17. The standard InChI is InChI=1S/C39H75NO4/c1-3-5-7-9-11-13-14-15-16-17-18-19-20-21-22-23-25-27-29-31-33-38(43)37(35-41)40-39(44)34-36(42)32-30-28-26-24-12-10-8-6-4-2/h23,25,31,33,36-38,41-43H,3-22,24,26-30,32,34-35H2,1-2H3,(H,40,44)/b25-23+,33-31+. The molecule has 0 aromatic rings. The first-order chi connectivity index (χ1) is 21.5. The quantitative estimate of drug-likeness (QED) is 0.0425. The van der Waals surface area contributed by atoms with Crippen LogP contribution in [0, 0.1) is 0 Å². The molecule has 0 fully saturated rings. The van der Waals surface area contributed by atoms with E-state index in [0.717, 1.165) is 32.1 Å². The van der Waals surface area contributed by atoms with Gasteiger partial charge >= 0.3 is 0 Å². The van der Waals surface area contributed by atoms with Crippen LogP contribution in [-0.2, 0) is 4.79 Å². The highest BCUT2D eigenvalue weighted by Crippen LogP contribution is 2.14. The van der Waals surface area contributed by atoms with Gasteiger partial charge in [0.05, 0.1) is 31.3 Å². The summed E-state index contributed by atoms with van der Waals surface area (Å²) in [4.78, 5) is 12.3. The Labute approximate surface area is 273 Å². The summed E-state index contributed by atoms with van der Waals surface area (Å²) in [5, 5.41) is 32.9. The van der Waals surface area contributed by atoms with Crippen molar-refractivity contribution >= 4 is 5.91 Å². The zero-order valence-corrected chi connectivity index (χ0v) is 29.3. The molecular formula is C39H75NO4. The number of unbranched alkanes of at least 4 members (excludes halogenated alkanes) is 23. The predicted molar refractivity (Wildman–Crippen MR) is 190 cm³/mol. The first-order valence-electron chi connectivity index (χ1n) is 19.1. The summed E-state index contributed by atoms with van der Waals surface area (Å²) < 4.78 is 0. The van der Waals surface area contributed by atoms with E-state index in [1.807, 2.05) is 6.08 Å². The van der Waals surface area contributed by atoms with E-state index < -0.39 is 18.2 Å². The SMILES string of the molecule is CCCCCCCCCCCCCCCC/C=C/CC/C=C/C(O)C(CO)NC(=O)CC(O)CCCCCCCCCCC. The number of hydrogen-bond donors (Lipinski definition) is 4. The normalized spacial score (nSPS) is 14.0. The number of aliphatic hydroxyl groups is 3.